The van der Waals surface area contributed by atoms with Crippen LogP contribution in [0.3, 0.4) is 0 Å². The summed E-state index contributed by atoms with van der Waals surface area (Å²) >= 11 is 1.43. The monoisotopic (exact) mass is 280 g/mol. The normalized spacial score (nSPS) is 20.1. The fourth-order valence-electron chi connectivity index (χ4n) is 2.83. The van der Waals surface area contributed by atoms with Crippen molar-refractivity contribution in [2.24, 2.45) is 0 Å². The second kappa shape index (κ2) is 4.80. The van der Waals surface area contributed by atoms with Crippen molar-refractivity contribution in [3.05, 3.63) is 21.7 Å². The van der Waals surface area contributed by atoms with E-state index in [-0.39, 0.29) is 10.7 Å². The Kier molecular flexibility index (Phi) is 3.14. The van der Waals surface area contributed by atoms with Crippen LogP contribution < -0.4 is 4.90 Å². The third kappa shape index (κ3) is 1.98. The molecule has 0 N–H and O–H groups in total. The summed E-state index contributed by atoms with van der Waals surface area (Å²) in [5.74, 6) is 0.653. The highest BCUT2D eigenvalue weighted by Crippen LogP contribution is 2.35. The molecular weight excluding hydrogens is 264 g/mol. The first-order valence-corrected chi connectivity index (χ1v) is 7.47. The molecule has 2 aromatic heterocycles. The topological polar surface area (TPSA) is 63.7 Å². The van der Waals surface area contributed by atoms with Crippen LogP contribution in [0, 0.1) is 10.1 Å². The van der Waals surface area contributed by atoms with Crippen molar-refractivity contribution >= 4 is 27.9 Å². The summed E-state index contributed by atoms with van der Waals surface area (Å²) in [5.41, 5.74) is 0. The van der Waals surface area contributed by atoms with Crippen LogP contribution in [-0.4, -0.2) is 26.9 Å². The largest absolute Gasteiger partial charge is 0.373 e. The van der Waals surface area contributed by atoms with E-state index in [0.717, 1.165) is 25.8 Å². The van der Waals surface area contributed by atoms with Gasteiger partial charge in [-0.05, 0) is 30.6 Å². The molecule has 19 heavy (non-hydrogen) atoms. The van der Waals surface area contributed by atoms with E-state index in [1.807, 2.05) is 5.38 Å². The Morgan fingerprint density at radius 2 is 2.42 bits per heavy atom. The van der Waals surface area contributed by atoms with Crippen molar-refractivity contribution in [1.29, 1.82) is 0 Å². The molecule has 0 amide bonds. The van der Waals surface area contributed by atoms with Crippen LogP contribution in [0.25, 0.3) is 4.96 Å². The van der Waals surface area contributed by atoms with E-state index in [0.29, 0.717) is 16.8 Å². The lowest BCUT2D eigenvalue weighted by molar-refractivity contribution is -0.389. The summed E-state index contributed by atoms with van der Waals surface area (Å²) < 4.78 is 1.58. The summed E-state index contributed by atoms with van der Waals surface area (Å²) in [6, 6.07) is 0.372. The summed E-state index contributed by atoms with van der Waals surface area (Å²) in [4.78, 5) is 18.3. The Bertz CT molecular complexity index is 606. The van der Waals surface area contributed by atoms with Crippen LogP contribution in [0.5, 0.6) is 0 Å². The Morgan fingerprint density at radius 3 is 3.16 bits per heavy atom. The van der Waals surface area contributed by atoms with Gasteiger partial charge < -0.3 is 15.0 Å². The molecule has 3 heterocycles. The van der Waals surface area contributed by atoms with Gasteiger partial charge in [0.1, 0.15) is 6.20 Å². The van der Waals surface area contributed by atoms with E-state index in [4.69, 9.17) is 0 Å². The summed E-state index contributed by atoms with van der Waals surface area (Å²) in [5, 5.41) is 13.2. The molecule has 1 atom stereocenters. The molecule has 6 nitrogen and oxygen atoms in total. The van der Waals surface area contributed by atoms with Crippen LogP contribution in [0.15, 0.2) is 11.6 Å². The van der Waals surface area contributed by atoms with Gasteiger partial charge in [0, 0.05) is 18.0 Å². The molecular formula is C12H16N4O2S. The Labute approximate surface area is 114 Å². The van der Waals surface area contributed by atoms with E-state index in [2.05, 4.69) is 16.8 Å². The number of piperidine rings is 1. The standard InChI is InChI=1S/C12H16N4O2S/c1-2-9-5-3-4-6-14(9)10-11(16(17)18)15-7-8-19-12(15)13-10/h7-9H,2-6H2,1H3. The third-order valence-electron chi connectivity index (χ3n) is 3.76. The lowest BCUT2D eigenvalue weighted by Gasteiger charge is -2.34. The van der Waals surface area contributed by atoms with E-state index in [1.165, 1.54) is 17.8 Å². The van der Waals surface area contributed by atoms with Crippen molar-refractivity contribution < 1.29 is 4.92 Å². The number of anilines is 1. The zero-order valence-electron chi connectivity index (χ0n) is 10.8. The van der Waals surface area contributed by atoms with Gasteiger partial charge in [0.05, 0.1) is 0 Å². The highest BCUT2D eigenvalue weighted by molar-refractivity contribution is 7.15. The minimum Gasteiger partial charge on any atom is -0.358 e. The fraction of sp³-hybridized carbons (Fsp3) is 0.583. The minimum absolute atomic E-state index is 0.108. The summed E-state index contributed by atoms with van der Waals surface area (Å²) in [6.07, 6.45) is 6.10. The fourth-order valence-corrected chi connectivity index (χ4v) is 3.53. The van der Waals surface area contributed by atoms with Crippen molar-refractivity contribution in [2.75, 3.05) is 11.4 Å². The second-order valence-corrected chi connectivity index (χ2v) is 5.70. The van der Waals surface area contributed by atoms with E-state index in [1.54, 1.807) is 10.6 Å². The predicted molar refractivity (Wildman–Crippen MR) is 75.0 cm³/mol. The van der Waals surface area contributed by atoms with Gasteiger partial charge in [0.15, 0.2) is 0 Å². The number of imidazole rings is 1. The number of aromatic nitrogens is 2. The van der Waals surface area contributed by atoms with Crippen molar-refractivity contribution in [3.8, 4) is 0 Å². The van der Waals surface area contributed by atoms with Gasteiger partial charge in [-0.2, -0.15) is 9.38 Å². The number of thiazole rings is 1. The zero-order valence-corrected chi connectivity index (χ0v) is 11.6. The predicted octanol–water partition coefficient (Wildman–Crippen LogP) is 3.07. The van der Waals surface area contributed by atoms with Gasteiger partial charge in [-0.1, -0.05) is 18.3 Å². The molecule has 7 heteroatoms. The van der Waals surface area contributed by atoms with Gasteiger partial charge in [0.25, 0.3) is 4.96 Å². The number of fused-ring (bicyclic) bond motifs is 1. The lowest BCUT2D eigenvalue weighted by Crippen LogP contribution is -2.39. The van der Waals surface area contributed by atoms with Crippen LogP contribution in [0.1, 0.15) is 32.6 Å². The van der Waals surface area contributed by atoms with Crippen LogP contribution >= 0.6 is 11.3 Å². The van der Waals surface area contributed by atoms with E-state index < -0.39 is 0 Å². The molecule has 1 fully saturated rings. The molecule has 0 saturated carbocycles. The Hall–Kier alpha value is -1.63. The first-order chi connectivity index (χ1) is 9.22. The van der Waals surface area contributed by atoms with Crippen LogP contribution in [0.4, 0.5) is 11.6 Å². The number of nitrogens with zero attached hydrogens (tertiary/aromatic N) is 4. The van der Waals surface area contributed by atoms with Gasteiger partial charge in [0.2, 0.25) is 5.82 Å². The highest BCUT2D eigenvalue weighted by Gasteiger charge is 2.32. The first kappa shape index (κ1) is 12.4. The number of nitro groups is 1. The zero-order chi connectivity index (χ0) is 13.4. The molecule has 1 aliphatic heterocycles. The SMILES string of the molecule is CCC1CCCCN1c1nc2sccn2c1[N+](=O)[O-]. The Balaban J connectivity index is 2.10. The quantitative estimate of drug-likeness (QED) is 0.640. The number of rotatable bonds is 3. The van der Waals surface area contributed by atoms with Crippen LogP contribution in [-0.2, 0) is 0 Å². The molecule has 0 aromatic carbocycles. The van der Waals surface area contributed by atoms with E-state index >= 15 is 0 Å². The average Bonchev–Trinajstić information content (AvgIpc) is 2.97. The van der Waals surface area contributed by atoms with Gasteiger partial charge >= 0.3 is 5.82 Å². The summed E-state index contributed by atoms with van der Waals surface area (Å²) in [7, 11) is 0. The molecule has 1 saturated heterocycles. The minimum atomic E-state index is -0.316. The summed E-state index contributed by atoms with van der Waals surface area (Å²) in [6.45, 7) is 3.00. The average molecular weight is 280 g/mol. The van der Waals surface area contributed by atoms with E-state index in [9.17, 15) is 10.1 Å². The Morgan fingerprint density at radius 1 is 1.58 bits per heavy atom. The molecule has 2 aromatic rings. The molecule has 0 radical (unpaired) electrons. The number of hydrogen-bond acceptors (Lipinski definition) is 5. The molecule has 0 bridgehead atoms. The molecule has 3 rings (SSSR count). The third-order valence-corrected chi connectivity index (χ3v) is 4.52. The van der Waals surface area contributed by atoms with Gasteiger partial charge in [-0.25, -0.2) is 0 Å². The van der Waals surface area contributed by atoms with Crippen molar-refractivity contribution in [1.82, 2.24) is 9.38 Å². The second-order valence-electron chi connectivity index (χ2n) is 4.82. The smallest absolute Gasteiger partial charge is 0.358 e. The first-order valence-electron chi connectivity index (χ1n) is 6.59. The molecule has 0 aliphatic carbocycles. The van der Waals surface area contributed by atoms with Crippen molar-refractivity contribution in [2.45, 2.75) is 38.6 Å². The molecule has 1 aliphatic rings. The molecule has 0 spiro atoms. The molecule has 1 unspecified atom stereocenters. The van der Waals surface area contributed by atoms with Crippen LogP contribution in [0.2, 0.25) is 0 Å². The maximum atomic E-state index is 11.4. The van der Waals surface area contributed by atoms with Gasteiger partial charge in [-0.3, -0.25) is 0 Å². The molecule has 102 valence electrons. The highest BCUT2D eigenvalue weighted by atomic mass is 32.1. The maximum Gasteiger partial charge on any atom is 0.373 e. The lowest BCUT2D eigenvalue weighted by atomic mass is 10.0. The van der Waals surface area contributed by atoms with Crippen molar-refractivity contribution in [3.63, 3.8) is 0 Å². The maximum absolute atomic E-state index is 11.4. The van der Waals surface area contributed by atoms with Gasteiger partial charge in [-0.15, -0.1) is 0 Å². The number of hydrogen-bond donors (Lipinski definition) is 0.